The molecule has 0 amide bonds. The Labute approximate surface area is 129 Å². The fourth-order valence-electron chi connectivity index (χ4n) is 2.07. The van der Waals surface area contributed by atoms with Crippen molar-refractivity contribution in [3.05, 3.63) is 17.0 Å². The molecule has 1 atom stereocenters. The number of thiophene rings is 1. The van der Waals surface area contributed by atoms with E-state index in [-0.39, 0.29) is 15.7 Å². The summed E-state index contributed by atoms with van der Waals surface area (Å²) in [7, 11) is -6.73. The summed E-state index contributed by atoms with van der Waals surface area (Å²) in [4.78, 5) is 0. The Balaban J connectivity index is 2.03. The van der Waals surface area contributed by atoms with Crippen LogP contribution >= 0.6 is 11.3 Å². The van der Waals surface area contributed by atoms with Crippen LogP contribution in [0.25, 0.3) is 0 Å². The van der Waals surface area contributed by atoms with Crippen LogP contribution in [0, 0.1) is 0 Å². The summed E-state index contributed by atoms with van der Waals surface area (Å²) in [6.45, 7) is 4.65. The maximum Gasteiger partial charge on any atom is 0.250 e. The van der Waals surface area contributed by atoms with Gasteiger partial charge < -0.3 is 5.32 Å². The minimum absolute atomic E-state index is 0.0498. The lowest BCUT2D eigenvalue weighted by Gasteiger charge is -2.10. The monoisotopic (exact) mass is 352 g/mol. The fraction of sp³-hybridized carbons (Fsp3) is 0.667. The number of nitrogens with one attached hydrogen (secondary N) is 2. The van der Waals surface area contributed by atoms with Crippen molar-refractivity contribution in [2.24, 2.45) is 0 Å². The summed E-state index contributed by atoms with van der Waals surface area (Å²) in [6, 6.07) is 1.44. The quantitative estimate of drug-likeness (QED) is 0.787. The van der Waals surface area contributed by atoms with Gasteiger partial charge in [-0.05, 0) is 23.4 Å². The third-order valence-corrected chi connectivity index (χ3v) is 7.94. The normalized spacial score (nSPS) is 22.0. The van der Waals surface area contributed by atoms with Crippen molar-refractivity contribution < 1.29 is 16.8 Å². The third-order valence-electron chi connectivity index (χ3n) is 3.16. The van der Waals surface area contributed by atoms with Crippen molar-refractivity contribution in [1.82, 2.24) is 10.0 Å². The lowest BCUT2D eigenvalue weighted by Crippen LogP contribution is -2.35. The summed E-state index contributed by atoms with van der Waals surface area (Å²) >= 11 is 1.15. The van der Waals surface area contributed by atoms with Crippen molar-refractivity contribution >= 4 is 31.2 Å². The molecule has 1 saturated heterocycles. The van der Waals surface area contributed by atoms with Gasteiger partial charge in [0.2, 0.25) is 10.0 Å². The molecule has 1 aliphatic heterocycles. The van der Waals surface area contributed by atoms with Gasteiger partial charge in [-0.15, -0.1) is 11.3 Å². The number of hydrogen-bond donors (Lipinski definition) is 2. The molecule has 120 valence electrons. The van der Waals surface area contributed by atoms with Gasteiger partial charge in [0.15, 0.2) is 9.84 Å². The van der Waals surface area contributed by atoms with Crippen molar-refractivity contribution in [2.75, 3.05) is 11.5 Å². The highest BCUT2D eigenvalue weighted by atomic mass is 32.2. The minimum Gasteiger partial charge on any atom is -0.310 e. The summed E-state index contributed by atoms with van der Waals surface area (Å²) in [6.07, 6.45) is 0.342. The van der Waals surface area contributed by atoms with Crippen LogP contribution in [0.3, 0.4) is 0 Å². The Morgan fingerprint density at radius 3 is 2.71 bits per heavy atom. The van der Waals surface area contributed by atoms with E-state index in [2.05, 4.69) is 10.0 Å². The minimum atomic E-state index is -3.64. The zero-order chi connectivity index (χ0) is 15.7. The first-order valence-corrected chi connectivity index (χ1v) is 10.9. The van der Waals surface area contributed by atoms with E-state index in [0.717, 1.165) is 16.9 Å². The largest absolute Gasteiger partial charge is 0.310 e. The molecule has 0 aliphatic carbocycles. The molecule has 1 aromatic heterocycles. The molecule has 0 saturated carbocycles. The van der Waals surface area contributed by atoms with Crippen molar-refractivity contribution in [2.45, 2.75) is 43.1 Å². The molecular weight excluding hydrogens is 332 g/mol. The Morgan fingerprint density at radius 2 is 2.14 bits per heavy atom. The van der Waals surface area contributed by atoms with Gasteiger partial charge in [-0.2, -0.15) is 0 Å². The highest BCUT2D eigenvalue weighted by Gasteiger charge is 2.31. The van der Waals surface area contributed by atoms with Crippen LogP contribution in [0.1, 0.15) is 25.8 Å². The second-order valence-electron chi connectivity index (χ2n) is 5.53. The average Bonchev–Trinajstić information content (AvgIpc) is 2.93. The average molecular weight is 353 g/mol. The SMILES string of the molecule is CC(C)NCc1csc(S(=O)(=O)NC2CCS(=O)(=O)C2)c1. The zero-order valence-electron chi connectivity index (χ0n) is 12.0. The Bertz CT molecular complexity index is 692. The third kappa shape index (κ3) is 4.75. The number of sulfone groups is 1. The smallest absolute Gasteiger partial charge is 0.250 e. The summed E-state index contributed by atoms with van der Waals surface area (Å²) in [5.74, 6) is -0.0620. The van der Waals surface area contributed by atoms with Crippen LogP contribution in [-0.4, -0.2) is 40.4 Å². The van der Waals surface area contributed by atoms with E-state index in [4.69, 9.17) is 0 Å². The summed E-state index contributed by atoms with van der Waals surface area (Å²) in [5, 5.41) is 5.02. The van der Waals surface area contributed by atoms with E-state index < -0.39 is 25.9 Å². The Morgan fingerprint density at radius 1 is 1.43 bits per heavy atom. The van der Waals surface area contributed by atoms with Crippen LogP contribution in [0.2, 0.25) is 0 Å². The highest BCUT2D eigenvalue weighted by Crippen LogP contribution is 2.22. The van der Waals surface area contributed by atoms with Gasteiger partial charge in [-0.1, -0.05) is 13.8 Å². The second-order valence-corrected chi connectivity index (χ2v) is 10.6. The predicted molar refractivity (Wildman–Crippen MR) is 83.7 cm³/mol. The maximum absolute atomic E-state index is 12.2. The summed E-state index contributed by atoms with van der Waals surface area (Å²) in [5.41, 5.74) is 0.910. The lowest BCUT2D eigenvalue weighted by molar-refractivity contribution is 0.564. The molecule has 6 nitrogen and oxygen atoms in total. The Hall–Kier alpha value is -0.480. The first-order valence-electron chi connectivity index (χ1n) is 6.71. The molecular formula is C12H20N2O4S3. The molecule has 0 aromatic carbocycles. The highest BCUT2D eigenvalue weighted by molar-refractivity contribution is 7.92. The maximum atomic E-state index is 12.2. The molecule has 0 radical (unpaired) electrons. The molecule has 1 unspecified atom stereocenters. The number of rotatable bonds is 6. The van der Waals surface area contributed by atoms with Gasteiger partial charge in [0.05, 0.1) is 11.5 Å². The first kappa shape index (κ1) is 16.9. The first-order chi connectivity index (χ1) is 9.68. The molecule has 2 N–H and O–H groups in total. The van der Waals surface area contributed by atoms with Crippen molar-refractivity contribution in [3.63, 3.8) is 0 Å². The van der Waals surface area contributed by atoms with Crippen LogP contribution in [0.15, 0.2) is 15.7 Å². The molecule has 0 bridgehead atoms. The van der Waals surface area contributed by atoms with Crippen molar-refractivity contribution in [1.29, 1.82) is 0 Å². The molecule has 2 heterocycles. The van der Waals surface area contributed by atoms with Crippen LogP contribution < -0.4 is 10.0 Å². The van der Waals surface area contributed by atoms with Gasteiger partial charge in [0.1, 0.15) is 4.21 Å². The van der Waals surface area contributed by atoms with E-state index >= 15 is 0 Å². The van der Waals surface area contributed by atoms with Gasteiger partial charge in [-0.25, -0.2) is 21.6 Å². The molecule has 0 spiro atoms. The molecule has 21 heavy (non-hydrogen) atoms. The predicted octanol–water partition coefficient (Wildman–Crippen LogP) is 0.711. The van der Waals surface area contributed by atoms with Crippen LogP contribution in [0.4, 0.5) is 0 Å². The number of sulfonamides is 1. The van der Waals surface area contributed by atoms with E-state index in [0.29, 0.717) is 19.0 Å². The molecule has 2 rings (SSSR count). The molecule has 1 aliphatic rings. The van der Waals surface area contributed by atoms with Crippen LogP contribution in [0.5, 0.6) is 0 Å². The standard InChI is InChI=1S/C12H20N2O4S3/c1-9(2)13-6-10-5-12(19-7-10)21(17,18)14-11-3-4-20(15,16)8-11/h5,7,9,11,13-14H,3-4,6,8H2,1-2H3. The topological polar surface area (TPSA) is 92.3 Å². The van der Waals surface area contributed by atoms with E-state index in [1.54, 1.807) is 11.4 Å². The van der Waals surface area contributed by atoms with Gasteiger partial charge in [0.25, 0.3) is 0 Å². The number of hydrogen-bond acceptors (Lipinski definition) is 6. The van der Waals surface area contributed by atoms with Gasteiger partial charge >= 0.3 is 0 Å². The van der Waals surface area contributed by atoms with E-state index in [1.807, 2.05) is 13.8 Å². The fourth-order valence-corrected chi connectivity index (χ4v) is 6.35. The van der Waals surface area contributed by atoms with Crippen LogP contribution in [-0.2, 0) is 26.4 Å². The van der Waals surface area contributed by atoms with Gasteiger partial charge in [-0.3, -0.25) is 0 Å². The molecule has 9 heteroatoms. The van der Waals surface area contributed by atoms with E-state index in [9.17, 15) is 16.8 Å². The van der Waals surface area contributed by atoms with Gasteiger partial charge in [0, 0.05) is 18.6 Å². The Kier molecular flexibility index (Phi) is 5.09. The summed E-state index contributed by atoms with van der Waals surface area (Å²) < 4.78 is 49.9. The molecule has 1 aromatic rings. The van der Waals surface area contributed by atoms with Crippen molar-refractivity contribution in [3.8, 4) is 0 Å². The zero-order valence-corrected chi connectivity index (χ0v) is 14.4. The second kappa shape index (κ2) is 6.33. The van der Waals surface area contributed by atoms with E-state index in [1.165, 1.54) is 0 Å². The molecule has 1 fully saturated rings. The lowest BCUT2D eigenvalue weighted by atomic mass is 10.3.